The maximum Gasteiger partial charge on any atom is 0.288 e. The molecule has 1 fully saturated rings. The summed E-state index contributed by atoms with van der Waals surface area (Å²) in [5.74, 6) is 0.584. The van der Waals surface area contributed by atoms with Gasteiger partial charge in [0.1, 0.15) is 17.5 Å². The first-order valence-electron chi connectivity index (χ1n) is 11.2. The topological polar surface area (TPSA) is 118 Å². The summed E-state index contributed by atoms with van der Waals surface area (Å²) in [6.45, 7) is 3.92. The fraction of sp³-hybridized carbons (Fsp3) is 0.208. The van der Waals surface area contributed by atoms with E-state index in [4.69, 9.17) is 4.84 Å². The number of nitro groups is 1. The third-order valence-corrected chi connectivity index (χ3v) is 6.25. The van der Waals surface area contributed by atoms with Gasteiger partial charge in [-0.25, -0.2) is 9.97 Å². The molecule has 2 aromatic carbocycles. The van der Waals surface area contributed by atoms with Gasteiger partial charge >= 0.3 is 0 Å². The number of aromatic nitrogens is 5. The van der Waals surface area contributed by atoms with Crippen LogP contribution >= 0.6 is 0 Å². The van der Waals surface area contributed by atoms with Crippen LogP contribution in [0.3, 0.4) is 0 Å². The molecular weight excluding hydrogens is 448 g/mol. The van der Waals surface area contributed by atoms with E-state index >= 15 is 0 Å². The molecule has 0 aliphatic carbocycles. The van der Waals surface area contributed by atoms with Crippen molar-refractivity contribution in [2.45, 2.75) is 0 Å². The fourth-order valence-corrected chi connectivity index (χ4v) is 4.27. The Hall–Kier alpha value is -4.51. The molecule has 1 aliphatic heterocycles. The number of para-hydroxylation sites is 1. The van der Waals surface area contributed by atoms with Crippen LogP contribution in [-0.2, 0) is 0 Å². The van der Waals surface area contributed by atoms with Crippen molar-refractivity contribution in [3.8, 4) is 17.3 Å². The summed E-state index contributed by atoms with van der Waals surface area (Å²) >= 11 is 0. The van der Waals surface area contributed by atoms with Crippen LogP contribution in [0.25, 0.3) is 33.3 Å². The monoisotopic (exact) mass is 470 g/mol. The molecule has 35 heavy (non-hydrogen) atoms. The van der Waals surface area contributed by atoms with Gasteiger partial charge < -0.3 is 19.6 Å². The molecule has 1 aliphatic rings. The summed E-state index contributed by atoms with van der Waals surface area (Å²) in [6, 6.07) is 15.1. The Morgan fingerprint density at radius 1 is 1.06 bits per heavy atom. The molecule has 0 spiro atoms. The minimum Gasteiger partial charge on any atom is -0.369 e. The molecule has 0 atom stereocenters. The molecule has 11 nitrogen and oxygen atoms in total. The Morgan fingerprint density at radius 2 is 1.89 bits per heavy atom. The summed E-state index contributed by atoms with van der Waals surface area (Å²) in [5.41, 5.74) is 3.66. The molecule has 0 amide bonds. The molecule has 0 unspecified atom stereocenters. The SMILES string of the molecule is CN1CCN(c2ccc3nc(-c4cc([N+](=O)[O-])cnc4On4ncc5ccccc54)[nH]c3c2)CC1. The maximum atomic E-state index is 11.5. The molecule has 176 valence electrons. The third-order valence-electron chi connectivity index (χ3n) is 6.25. The van der Waals surface area contributed by atoms with Crippen molar-refractivity contribution in [3.05, 3.63) is 71.0 Å². The highest BCUT2D eigenvalue weighted by atomic mass is 16.7. The zero-order valence-corrected chi connectivity index (χ0v) is 19.0. The van der Waals surface area contributed by atoms with Crippen molar-refractivity contribution in [2.75, 3.05) is 38.1 Å². The number of imidazole rings is 1. The van der Waals surface area contributed by atoms with Crippen LogP contribution in [0, 0.1) is 10.1 Å². The second kappa shape index (κ2) is 8.37. The zero-order valence-electron chi connectivity index (χ0n) is 19.0. The number of hydrogen-bond acceptors (Lipinski definition) is 8. The predicted octanol–water partition coefficient (Wildman–Crippen LogP) is 3.48. The van der Waals surface area contributed by atoms with Gasteiger partial charge in [0, 0.05) is 43.3 Å². The molecular formula is C24H22N8O3. The maximum absolute atomic E-state index is 11.5. The van der Waals surface area contributed by atoms with Gasteiger partial charge in [-0.05, 0) is 31.3 Å². The Bertz CT molecular complexity index is 1550. The largest absolute Gasteiger partial charge is 0.369 e. The van der Waals surface area contributed by atoms with E-state index in [1.165, 1.54) is 17.1 Å². The number of pyridine rings is 1. The summed E-state index contributed by atoms with van der Waals surface area (Å²) in [6.07, 6.45) is 2.85. The van der Waals surface area contributed by atoms with Crippen molar-refractivity contribution in [2.24, 2.45) is 0 Å². The highest BCUT2D eigenvalue weighted by Crippen LogP contribution is 2.32. The Labute approximate surface area is 199 Å². The number of H-pyrrole nitrogens is 1. The molecule has 4 heterocycles. The van der Waals surface area contributed by atoms with Crippen LogP contribution < -0.4 is 9.74 Å². The van der Waals surface area contributed by atoms with Crippen LogP contribution in [0.2, 0.25) is 0 Å². The summed E-state index contributed by atoms with van der Waals surface area (Å²) in [5, 5.41) is 16.6. The lowest BCUT2D eigenvalue weighted by molar-refractivity contribution is -0.385. The van der Waals surface area contributed by atoms with Crippen LogP contribution in [-0.4, -0.2) is 67.9 Å². The number of piperazine rings is 1. The van der Waals surface area contributed by atoms with Gasteiger partial charge in [-0.3, -0.25) is 10.1 Å². The van der Waals surface area contributed by atoms with E-state index in [1.54, 1.807) is 6.20 Å². The van der Waals surface area contributed by atoms with Gasteiger partial charge in [0.05, 0.1) is 27.7 Å². The second-order valence-electron chi connectivity index (χ2n) is 8.55. The van der Waals surface area contributed by atoms with E-state index < -0.39 is 4.92 Å². The van der Waals surface area contributed by atoms with Gasteiger partial charge in [0.15, 0.2) is 0 Å². The van der Waals surface area contributed by atoms with Gasteiger partial charge in [-0.2, -0.15) is 0 Å². The molecule has 0 radical (unpaired) electrons. The molecule has 1 saturated heterocycles. The molecule has 11 heteroatoms. The van der Waals surface area contributed by atoms with Gasteiger partial charge in [-0.1, -0.05) is 23.0 Å². The zero-order chi connectivity index (χ0) is 23.9. The van der Waals surface area contributed by atoms with Crippen LogP contribution in [0.4, 0.5) is 11.4 Å². The van der Waals surface area contributed by atoms with Crippen molar-refractivity contribution in [1.82, 2.24) is 29.8 Å². The van der Waals surface area contributed by atoms with Crippen molar-refractivity contribution in [1.29, 1.82) is 0 Å². The van der Waals surface area contributed by atoms with Crippen LogP contribution in [0.5, 0.6) is 5.88 Å². The number of benzene rings is 2. The number of nitrogens with one attached hydrogen (secondary N) is 1. The van der Waals surface area contributed by atoms with Gasteiger partial charge in [-0.15, -0.1) is 5.10 Å². The first kappa shape index (κ1) is 21.1. The molecule has 0 saturated carbocycles. The number of rotatable bonds is 5. The normalized spacial score (nSPS) is 14.6. The molecule has 5 aromatic rings. The van der Waals surface area contributed by atoms with E-state index in [-0.39, 0.29) is 11.6 Å². The van der Waals surface area contributed by atoms with E-state index in [1.807, 2.05) is 30.3 Å². The molecule has 0 bridgehead atoms. The lowest BCUT2D eigenvalue weighted by Crippen LogP contribution is -2.44. The second-order valence-corrected chi connectivity index (χ2v) is 8.55. The fourth-order valence-electron chi connectivity index (χ4n) is 4.27. The Kier molecular flexibility index (Phi) is 5.03. The molecule has 1 N–H and O–H groups in total. The highest BCUT2D eigenvalue weighted by Gasteiger charge is 2.21. The number of hydrogen-bond donors (Lipinski definition) is 1. The minimum absolute atomic E-state index is 0.155. The predicted molar refractivity (Wildman–Crippen MR) is 131 cm³/mol. The van der Waals surface area contributed by atoms with Crippen LogP contribution in [0.15, 0.2) is 60.9 Å². The van der Waals surface area contributed by atoms with E-state index in [2.05, 4.69) is 49.0 Å². The number of fused-ring (bicyclic) bond motifs is 2. The minimum atomic E-state index is -0.488. The first-order chi connectivity index (χ1) is 17.0. The smallest absolute Gasteiger partial charge is 0.288 e. The summed E-state index contributed by atoms with van der Waals surface area (Å²) < 4.78 is 0. The summed E-state index contributed by atoms with van der Waals surface area (Å²) in [7, 11) is 2.13. The average molecular weight is 470 g/mol. The number of nitrogens with zero attached hydrogens (tertiary/aromatic N) is 7. The van der Waals surface area contributed by atoms with Crippen molar-refractivity contribution in [3.63, 3.8) is 0 Å². The number of anilines is 1. The van der Waals surface area contributed by atoms with E-state index in [9.17, 15) is 10.1 Å². The lowest BCUT2D eigenvalue weighted by atomic mass is 10.2. The van der Waals surface area contributed by atoms with Crippen molar-refractivity contribution < 1.29 is 9.76 Å². The Morgan fingerprint density at radius 3 is 2.71 bits per heavy atom. The van der Waals surface area contributed by atoms with Gasteiger partial charge in [0.25, 0.3) is 11.6 Å². The number of aromatic amines is 1. The molecule has 3 aromatic heterocycles. The molecule has 6 rings (SSSR count). The Balaban J connectivity index is 1.40. The lowest BCUT2D eigenvalue weighted by Gasteiger charge is -2.34. The average Bonchev–Trinajstić information content (AvgIpc) is 3.48. The highest BCUT2D eigenvalue weighted by molar-refractivity contribution is 5.84. The number of likely N-dealkylation sites (N-methyl/N-ethyl adjacent to an activating group) is 1. The van der Waals surface area contributed by atoms with Gasteiger partial charge in [0.2, 0.25) is 0 Å². The van der Waals surface area contributed by atoms with E-state index in [0.29, 0.717) is 11.4 Å². The summed E-state index contributed by atoms with van der Waals surface area (Å²) in [4.78, 5) is 35.2. The van der Waals surface area contributed by atoms with Crippen molar-refractivity contribution >= 4 is 33.3 Å². The third kappa shape index (κ3) is 3.91. The van der Waals surface area contributed by atoms with E-state index in [0.717, 1.165) is 53.8 Å². The standard InChI is InChI=1S/C24H22N8O3/c1-29-8-10-30(11-9-29)17-6-7-20-21(13-17)28-23(27-20)19-12-18(32(33)34)15-25-24(19)35-31-22-5-3-2-4-16(22)14-26-31/h2-7,12-15H,8-11H2,1H3,(H,27,28). The quantitative estimate of drug-likeness (QED) is 0.306. The first-order valence-corrected chi connectivity index (χ1v) is 11.2. The van der Waals surface area contributed by atoms with Crippen LogP contribution in [0.1, 0.15) is 0 Å².